The van der Waals surface area contributed by atoms with E-state index in [1.54, 1.807) is 11.0 Å². The minimum atomic E-state index is -1.00. The molecule has 0 aliphatic heterocycles. The largest absolute Gasteiger partial charge is 0.477 e. The van der Waals surface area contributed by atoms with Gasteiger partial charge in [0.05, 0.1) is 16.0 Å². The molecule has 28 heavy (non-hydrogen) atoms. The van der Waals surface area contributed by atoms with Gasteiger partial charge in [-0.1, -0.05) is 25.7 Å². The van der Waals surface area contributed by atoms with E-state index in [2.05, 4.69) is 25.7 Å². The first kappa shape index (κ1) is 20.9. The summed E-state index contributed by atoms with van der Waals surface area (Å²) in [6.07, 6.45) is 3.05. The molecule has 0 aromatic carbocycles. The van der Waals surface area contributed by atoms with Gasteiger partial charge < -0.3 is 10.0 Å². The number of anilines is 1. The van der Waals surface area contributed by atoms with Gasteiger partial charge in [-0.3, -0.25) is 4.79 Å². The van der Waals surface area contributed by atoms with Crippen LogP contribution in [-0.2, 0) is 4.79 Å². The fourth-order valence-corrected chi connectivity index (χ4v) is 5.94. The number of rotatable bonds is 4. The zero-order valence-electron chi connectivity index (χ0n) is 18.0. The van der Waals surface area contributed by atoms with E-state index in [1.165, 1.54) is 0 Å². The highest BCUT2D eigenvalue weighted by atomic mass is 32.1. The molecule has 2 saturated carbocycles. The molecule has 0 saturated heterocycles. The molecule has 1 heterocycles. The first-order valence-electron chi connectivity index (χ1n) is 10.1. The maximum Gasteiger partial charge on any atom is 0.348 e. The van der Waals surface area contributed by atoms with Crippen LogP contribution in [0.4, 0.5) is 5.69 Å². The Balaban J connectivity index is 2.05. The summed E-state index contributed by atoms with van der Waals surface area (Å²) in [4.78, 5) is 28.3. The third-order valence-corrected chi connectivity index (χ3v) is 7.62. The number of nitrogens with zero attached hydrogens (tertiary/aromatic N) is 1. The highest BCUT2D eigenvalue weighted by Gasteiger charge is 2.71. The van der Waals surface area contributed by atoms with Gasteiger partial charge >= 0.3 is 5.97 Å². The topological polar surface area (TPSA) is 57.6 Å². The molecule has 5 heteroatoms. The normalized spacial score (nSPS) is 28.5. The van der Waals surface area contributed by atoms with E-state index in [-0.39, 0.29) is 33.1 Å². The van der Waals surface area contributed by atoms with Crippen LogP contribution in [0, 0.1) is 34.0 Å². The number of carbonyl (C=O) groups excluding carboxylic acids is 1. The Morgan fingerprint density at radius 2 is 1.96 bits per heavy atom. The van der Waals surface area contributed by atoms with Gasteiger partial charge in [0.25, 0.3) is 0 Å². The van der Waals surface area contributed by atoms with Gasteiger partial charge in [0, 0.05) is 11.5 Å². The minimum absolute atomic E-state index is 0.0604. The van der Waals surface area contributed by atoms with Gasteiger partial charge in [0.2, 0.25) is 5.91 Å². The summed E-state index contributed by atoms with van der Waals surface area (Å²) in [5, 5.41) is 9.79. The molecule has 3 atom stereocenters. The van der Waals surface area contributed by atoms with Crippen LogP contribution in [-0.4, -0.2) is 23.0 Å². The van der Waals surface area contributed by atoms with Crippen molar-refractivity contribution in [2.75, 3.05) is 4.90 Å². The van der Waals surface area contributed by atoms with Crippen LogP contribution in [0.1, 0.15) is 82.3 Å². The van der Waals surface area contributed by atoms with Gasteiger partial charge in [0.15, 0.2) is 0 Å². The second-order valence-electron chi connectivity index (χ2n) is 10.0. The summed E-state index contributed by atoms with van der Waals surface area (Å²) in [6, 6.07) is 1.68. The second-order valence-corrected chi connectivity index (χ2v) is 11.1. The second kappa shape index (κ2) is 6.62. The lowest BCUT2D eigenvalue weighted by Gasteiger charge is -2.70. The number of amides is 1. The average molecular weight is 402 g/mol. The summed E-state index contributed by atoms with van der Waals surface area (Å²) in [5.41, 5.74) is 0.0465. The Labute approximate surface area is 172 Å². The third-order valence-electron chi connectivity index (χ3n) is 6.59. The predicted molar refractivity (Wildman–Crippen MR) is 114 cm³/mol. The van der Waals surface area contributed by atoms with E-state index in [0.717, 1.165) is 30.6 Å². The highest BCUT2D eigenvalue weighted by molar-refractivity contribution is 7.15. The molecule has 0 spiro atoms. The Kier molecular flexibility index (Phi) is 4.95. The van der Waals surface area contributed by atoms with Gasteiger partial charge in [0.1, 0.15) is 4.88 Å². The summed E-state index contributed by atoms with van der Waals surface area (Å²) < 4.78 is 0. The number of thiophene rings is 1. The number of hydrogen-bond acceptors (Lipinski definition) is 3. The highest BCUT2D eigenvalue weighted by Crippen LogP contribution is 2.73. The molecule has 0 bridgehead atoms. The van der Waals surface area contributed by atoms with Crippen LogP contribution in [0.2, 0.25) is 0 Å². The molecule has 1 aromatic rings. The molecule has 1 aromatic heterocycles. The van der Waals surface area contributed by atoms with E-state index in [9.17, 15) is 14.7 Å². The summed E-state index contributed by atoms with van der Waals surface area (Å²) in [6.45, 7) is 14.3. The first-order valence-corrected chi connectivity index (χ1v) is 10.9. The lowest BCUT2D eigenvalue weighted by molar-refractivity contribution is -0.212. The van der Waals surface area contributed by atoms with Crippen LogP contribution in [0.15, 0.2) is 6.07 Å². The van der Waals surface area contributed by atoms with Crippen molar-refractivity contribution in [1.29, 1.82) is 0 Å². The van der Waals surface area contributed by atoms with Crippen molar-refractivity contribution in [3.8, 4) is 11.8 Å². The van der Waals surface area contributed by atoms with Crippen LogP contribution in [0.25, 0.3) is 0 Å². The zero-order chi connectivity index (χ0) is 21.1. The van der Waals surface area contributed by atoms with E-state index < -0.39 is 5.97 Å². The van der Waals surface area contributed by atoms with E-state index in [4.69, 9.17) is 0 Å². The molecule has 152 valence electrons. The van der Waals surface area contributed by atoms with Gasteiger partial charge in [-0.05, 0) is 71.3 Å². The smallest absolute Gasteiger partial charge is 0.348 e. The third kappa shape index (κ3) is 3.06. The Morgan fingerprint density at radius 1 is 1.32 bits per heavy atom. The van der Waals surface area contributed by atoms with Crippen molar-refractivity contribution in [3.05, 3.63) is 15.8 Å². The Bertz CT molecular complexity index is 882. The molecule has 0 radical (unpaired) electrons. The Hall–Kier alpha value is -1.80. The monoisotopic (exact) mass is 401 g/mol. The van der Waals surface area contributed by atoms with Crippen LogP contribution in [0.3, 0.4) is 0 Å². The van der Waals surface area contributed by atoms with Gasteiger partial charge in [-0.25, -0.2) is 4.79 Å². The number of carboxylic acids is 1. The van der Waals surface area contributed by atoms with Crippen LogP contribution in [0.5, 0.6) is 0 Å². The lowest BCUT2D eigenvalue weighted by Crippen LogP contribution is -2.70. The zero-order valence-corrected chi connectivity index (χ0v) is 18.8. The van der Waals surface area contributed by atoms with Crippen molar-refractivity contribution < 1.29 is 14.7 Å². The SMILES string of the molecule is CC(C)N(C(=O)[C@@]12CC[C@]1(C)C[C@H]2C)c1cc(C#CC(C)(C)C)sc1C(=O)O. The predicted octanol–water partition coefficient (Wildman–Crippen LogP) is 5.41. The molecule has 4 nitrogen and oxygen atoms in total. The van der Waals surface area contributed by atoms with E-state index >= 15 is 0 Å². The maximum absolute atomic E-state index is 13.8. The fourth-order valence-electron chi connectivity index (χ4n) is 5.10. The van der Waals surface area contributed by atoms with Crippen molar-refractivity contribution in [3.63, 3.8) is 0 Å². The quantitative estimate of drug-likeness (QED) is 0.686. The number of fused-ring (bicyclic) bond motifs is 1. The van der Waals surface area contributed by atoms with Gasteiger partial charge in [-0.15, -0.1) is 11.3 Å². The average Bonchev–Trinajstić information content (AvgIpc) is 2.95. The minimum Gasteiger partial charge on any atom is -0.477 e. The molecular formula is C23H31NO3S. The van der Waals surface area contributed by atoms with Crippen molar-refractivity contribution in [2.45, 2.75) is 73.8 Å². The molecule has 2 aliphatic carbocycles. The summed E-state index contributed by atoms with van der Waals surface area (Å²) >= 11 is 1.16. The molecule has 3 rings (SSSR count). The van der Waals surface area contributed by atoms with Crippen molar-refractivity contribution in [2.24, 2.45) is 22.2 Å². The number of carboxylic acid groups (broad SMARTS) is 1. The Morgan fingerprint density at radius 3 is 2.36 bits per heavy atom. The first-order chi connectivity index (χ1) is 12.8. The molecule has 2 fully saturated rings. The molecular weight excluding hydrogens is 370 g/mol. The summed E-state index contributed by atoms with van der Waals surface area (Å²) in [5.74, 6) is 5.70. The maximum atomic E-state index is 13.8. The van der Waals surface area contributed by atoms with Crippen LogP contribution < -0.4 is 4.90 Å². The lowest BCUT2D eigenvalue weighted by atomic mass is 9.34. The standard InChI is InChI=1S/C23H31NO3S/c1-14(2)24(20(27)23-11-10-22(23,7)13-15(23)3)17-12-16(8-9-21(4,5)6)28-18(17)19(25)26/h12,14-15H,10-11,13H2,1-7H3,(H,25,26)/t15-,22-,23+/m1/s1. The van der Waals surface area contributed by atoms with E-state index in [1.807, 2.05) is 34.6 Å². The number of aromatic carboxylic acids is 1. The molecule has 0 unspecified atom stereocenters. The molecule has 2 aliphatic rings. The van der Waals surface area contributed by atoms with Crippen LogP contribution >= 0.6 is 11.3 Å². The summed E-state index contributed by atoms with van der Waals surface area (Å²) in [7, 11) is 0. The van der Waals surface area contributed by atoms with Crippen molar-refractivity contribution in [1.82, 2.24) is 0 Å². The number of hydrogen-bond donors (Lipinski definition) is 1. The van der Waals surface area contributed by atoms with Crippen molar-refractivity contribution >= 4 is 28.9 Å². The van der Waals surface area contributed by atoms with Gasteiger partial charge in [-0.2, -0.15) is 0 Å². The molecule has 1 amide bonds. The molecule has 1 N–H and O–H groups in total. The van der Waals surface area contributed by atoms with E-state index in [0.29, 0.717) is 16.5 Å². The fraction of sp³-hybridized carbons (Fsp3) is 0.652. The number of carbonyl (C=O) groups is 2.